The van der Waals surface area contributed by atoms with Gasteiger partial charge in [0.05, 0.1) is 19.3 Å². The summed E-state index contributed by atoms with van der Waals surface area (Å²) in [5, 5.41) is 18.8. The van der Waals surface area contributed by atoms with Crippen molar-refractivity contribution >= 4 is 12.0 Å². The van der Waals surface area contributed by atoms with Crippen molar-refractivity contribution in [2.24, 2.45) is 0 Å². The molecule has 2 saturated heterocycles. The fourth-order valence-corrected chi connectivity index (χ4v) is 2.65. The van der Waals surface area contributed by atoms with Gasteiger partial charge in [0.1, 0.15) is 6.10 Å². The first-order valence-corrected chi connectivity index (χ1v) is 6.63. The number of amides is 2. The van der Waals surface area contributed by atoms with E-state index in [1.165, 1.54) is 0 Å². The maximum atomic E-state index is 11.9. The van der Waals surface area contributed by atoms with Gasteiger partial charge < -0.3 is 14.9 Å². The van der Waals surface area contributed by atoms with Crippen LogP contribution in [0.4, 0.5) is 4.79 Å². The topological polar surface area (TPSA) is 90.3 Å². The van der Waals surface area contributed by atoms with Crippen LogP contribution in [0.15, 0.2) is 0 Å². The molecule has 0 aromatic heterocycles. The van der Waals surface area contributed by atoms with E-state index in [9.17, 15) is 19.8 Å². The predicted molar refractivity (Wildman–Crippen MR) is 65.8 cm³/mol. The first-order chi connectivity index (χ1) is 9.09. The number of aliphatic hydroxyl groups is 1. The molecule has 2 fully saturated rings. The number of aliphatic hydroxyl groups excluding tert-OH is 1. The van der Waals surface area contributed by atoms with Gasteiger partial charge in [-0.15, -0.1) is 0 Å². The van der Waals surface area contributed by atoms with Crippen LogP contribution >= 0.6 is 0 Å². The van der Waals surface area contributed by atoms with Gasteiger partial charge in [-0.3, -0.25) is 9.69 Å². The van der Waals surface area contributed by atoms with Crippen molar-refractivity contribution in [1.29, 1.82) is 0 Å². The number of carbonyl (C=O) groups excluding carboxylic acids is 1. The quantitative estimate of drug-likeness (QED) is 0.719. The van der Waals surface area contributed by atoms with Crippen LogP contribution in [0.5, 0.6) is 0 Å². The van der Waals surface area contributed by atoms with Gasteiger partial charge in [-0.25, -0.2) is 9.69 Å². The Balaban J connectivity index is 2.06. The number of hydrogen-bond donors (Lipinski definition) is 2. The van der Waals surface area contributed by atoms with Crippen molar-refractivity contribution in [2.45, 2.75) is 31.4 Å². The van der Waals surface area contributed by atoms with E-state index < -0.39 is 18.1 Å². The number of carboxylic acid groups (broad SMARTS) is 1. The number of imide groups is 1. The minimum atomic E-state index is -1.27. The normalized spacial score (nSPS) is 30.2. The standard InChI is InChI=1S/C12H20N2O5/c15-10-3-1-2-9(14(11(10)16)12(17)18)8-13-4-6-19-7-5-13/h9-10,15H,1-8H2,(H,17,18). The van der Waals surface area contributed by atoms with E-state index in [-0.39, 0.29) is 6.04 Å². The lowest BCUT2D eigenvalue weighted by Gasteiger charge is -2.33. The molecule has 2 aliphatic rings. The molecule has 19 heavy (non-hydrogen) atoms. The van der Waals surface area contributed by atoms with E-state index in [2.05, 4.69) is 4.90 Å². The van der Waals surface area contributed by atoms with E-state index >= 15 is 0 Å². The van der Waals surface area contributed by atoms with E-state index in [0.29, 0.717) is 39.0 Å². The van der Waals surface area contributed by atoms with E-state index in [0.717, 1.165) is 18.0 Å². The van der Waals surface area contributed by atoms with Gasteiger partial charge in [0, 0.05) is 19.6 Å². The Bertz CT molecular complexity index is 343. The summed E-state index contributed by atoms with van der Waals surface area (Å²) in [6.07, 6.45) is -0.865. The zero-order chi connectivity index (χ0) is 13.8. The van der Waals surface area contributed by atoms with Gasteiger partial charge >= 0.3 is 6.09 Å². The fraction of sp³-hybridized carbons (Fsp3) is 0.833. The predicted octanol–water partition coefficient (Wildman–Crippen LogP) is -0.261. The summed E-state index contributed by atoms with van der Waals surface area (Å²) in [6, 6.07) is -0.375. The van der Waals surface area contributed by atoms with Crippen LogP contribution in [0.3, 0.4) is 0 Å². The molecule has 2 atom stereocenters. The molecule has 2 heterocycles. The summed E-state index contributed by atoms with van der Waals surface area (Å²) in [6.45, 7) is 3.29. The Labute approximate surface area is 111 Å². The number of likely N-dealkylation sites (tertiary alicyclic amines) is 1. The zero-order valence-electron chi connectivity index (χ0n) is 10.8. The van der Waals surface area contributed by atoms with Gasteiger partial charge in [-0.05, 0) is 19.3 Å². The smallest absolute Gasteiger partial charge is 0.414 e. The minimum absolute atomic E-state index is 0.336. The van der Waals surface area contributed by atoms with Crippen molar-refractivity contribution in [3.05, 3.63) is 0 Å². The third-order valence-corrected chi connectivity index (χ3v) is 3.68. The summed E-state index contributed by atoms with van der Waals surface area (Å²) in [5.41, 5.74) is 0. The molecule has 0 aromatic rings. The Morgan fingerprint density at radius 3 is 2.63 bits per heavy atom. The third kappa shape index (κ3) is 3.43. The molecule has 108 valence electrons. The second kappa shape index (κ2) is 6.31. The molecule has 0 radical (unpaired) electrons. The van der Waals surface area contributed by atoms with Crippen LogP contribution in [0.25, 0.3) is 0 Å². The summed E-state index contributed by atoms with van der Waals surface area (Å²) in [5.74, 6) is -0.691. The molecule has 2 amide bonds. The van der Waals surface area contributed by atoms with E-state index in [1.54, 1.807) is 0 Å². The van der Waals surface area contributed by atoms with Gasteiger partial charge in [0.2, 0.25) is 0 Å². The maximum Gasteiger partial charge on any atom is 0.414 e. The molecule has 2 rings (SSSR count). The molecule has 0 saturated carbocycles. The van der Waals surface area contributed by atoms with Gasteiger partial charge in [-0.2, -0.15) is 0 Å². The molecule has 7 nitrogen and oxygen atoms in total. The average Bonchev–Trinajstić information content (AvgIpc) is 2.51. The molecule has 0 aromatic carbocycles. The zero-order valence-corrected chi connectivity index (χ0v) is 10.8. The Morgan fingerprint density at radius 1 is 1.32 bits per heavy atom. The van der Waals surface area contributed by atoms with Crippen molar-refractivity contribution < 1.29 is 24.5 Å². The van der Waals surface area contributed by atoms with Crippen LogP contribution in [0.2, 0.25) is 0 Å². The first-order valence-electron chi connectivity index (χ1n) is 6.63. The van der Waals surface area contributed by atoms with Crippen LogP contribution in [-0.4, -0.2) is 77.0 Å². The molecule has 2 N–H and O–H groups in total. The van der Waals surface area contributed by atoms with Crippen LogP contribution in [0, 0.1) is 0 Å². The number of morpholine rings is 1. The number of carbonyl (C=O) groups is 2. The highest BCUT2D eigenvalue weighted by molar-refractivity contribution is 5.94. The number of rotatable bonds is 2. The Hall–Kier alpha value is -1.18. The van der Waals surface area contributed by atoms with E-state index in [4.69, 9.17) is 4.74 Å². The molecule has 2 aliphatic heterocycles. The molecule has 7 heteroatoms. The van der Waals surface area contributed by atoms with Crippen molar-refractivity contribution in [3.8, 4) is 0 Å². The molecule has 2 unspecified atom stereocenters. The molecular formula is C12H20N2O5. The van der Waals surface area contributed by atoms with E-state index in [1.807, 2.05) is 0 Å². The molecule has 0 spiro atoms. The largest absolute Gasteiger partial charge is 0.465 e. The average molecular weight is 272 g/mol. The number of hydrogen-bond acceptors (Lipinski definition) is 5. The van der Waals surface area contributed by atoms with Crippen molar-refractivity contribution in [1.82, 2.24) is 9.80 Å². The van der Waals surface area contributed by atoms with Crippen molar-refractivity contribution in [3.63, 3.8) is 0 Å². The highest BCUT2D eigenvalue weighted by Gasteiger charge is 2.37. The fourth-order valence-electron chi connectivity index (χ4n) is 2.65. The second-order valence-corrected chi connectivity index (χ2v) is 5.00. The Kier molecular flexibility index (Phi) is 4.73. The second-order valence-electron chi connectivity index (χ2n) is 5.00. The number of ether oxygens (including phenoxy) is 1. The highest BCUT2D eigenvalue weighted by Crippen LogP contribution is 2.20. The van der Waals surface area contributed by atoms with Crippen LogP contribution < -0.4 is 0 Å². The molecule has 0 aliphatic carbocycles. The van der Waals surface area contributed by atoms with Gasteiger partial charge in [0.15, 0.2) is 0 Å². The summed E-state index contributed by atoms with van der Waals surface area (Å²) < 4.78 is 5.25. The summed E-state index contributed by atoms with van der Waals surface area (Å²) >= 11 is 0. The SMILES string of the molecule is O=C(O)N1C(=O)C(O)CCCC1CN1CCOCC1. The lowest BCUT2D eigenvalue weighted by molar-refractivity contribution is -0.139. The van der Waals surface area contributed by atoms with Crippen molar-refractivity contribution in [2.75, 3.05) is 32.8 Å². The van der Waals surface area contributed by atoms with Gasteiger partial charge in [0.25, 0.3) is 5.91 Å². The first kappa shape index (κ1) is 14.2. The minimum Gasteiger partial charge on any atom is -0.465 e. The number of nitrogens with zero attached hydrogens (tertiary/aromatic N) is 2. The highest BCUT2D eigenvalue weighted by atomic mass is 16.5. The third-order valence-electron chi connectivity index (χ3n) is 3.68. The van der Waals surface area contributed by atoms with Crippen LogP contribution in [0.1, 0.15) is 19.3 Å². The lowest BCUT2D eigenvalue weighted by atomic mass is 10.1. The maximum absolute atomic E-state index is 11.9. The van der Waals surface area contributed by atoms with Crippen LogP contribution in [-0.2, 0) is 9.53 Å². The summed E-state index contributed by atoms with van der Waals surface area (Å²) in [7, 11) is 0. The molecular weight excluding hydrogens is 252 g/mol. The summed E-state index contributed by atoms with van der Waals surface area (Å²) in [4.78, 5) is 26.1. The lowest BCUT2D eigenvalue weighted by Crippen LogP contribution is -2.52. The Morgan fingerprint density at radius 2 is 2.00 bits per heavy atom. The molecule has 0 bridgehead atoms. The van der Waals surface area contributed by atoms with Gasteiger partial charge in [-0.1, -0.05) is 0 Å². The monoisotopic (exact) mass is 272 g/mol.